The lowest BCUT2D eigenvalue weighted by atomic mass is 10.2. The maximum absolute atomic E-state index is 13.1. The van der Waals surface area contributed by atoms with E-state index in [1.165, 1.54) is 18.8 Å². The molecule has 10 heteroatoms. The van der Waals surface area contributed by atoms with E-state index in [0.717, 1.165) is 30.3 Å². The van der Waals surface area contributed by atoms with Crippen molar-refractivity contribution in [2.75, 3.05) is 0 Å². The Hall–Kier alpha value is -2.49. The van der Waals surface area contributed by atoms with Gasteiger partial charge in [0.2, 0.25) is 5.89 Å². The van der Waals surface area contributed by atoms with Crippen LogP contribution in [-0.4, -0.2) is 29.2 Å². The molecule has 0 aromatic carbocycles. The van der Waals surface area contributed by atoms with Crippen LogP contribution in [0.5, 0.6) is 0 Å². The van der Waals surface area contributed by atoms with Crippen LogP contribution >= 0.6 is 11.8 Å². The highest BCUT2D eigenvalue weighted by Gasteiger charge is 2.23. The lowest BCUT2D eigenvalue weighted by molar-refractivity contribution is 0.374. The van der Waals surface area contributed by atoms with Gasteiger partial charge in [-0.1, -0.05) is 51.0 Å². The topological polar surface area (TPSA) is 109 Å². The van der Waals surface area contributed by atoms with Gasteiger partial charge in [0.05, 0.1) is 5.25 Å². The first-order valence-electron chi connectivity index (χ1n) is 10.8. The maximum Gasteiger partial charge on any atom is 0.332 e. The lowest BCUT2D eigenvalue weighted by Crippen LogP contribution is -2.39. The van der Waals surface area contributed by atoms with Gasteiger partial charge in [0.15, 0.2) is 11.5 Å². The van der Waals surface area contributed by atoms with Crippen LogP contribution in [-0.2, 0) is 20.0 Å². The van der Waals surface area contributed by atoms with Gasteiger partial charge in [-0.3, -0.25) is 13.9 Å². The maximum atomic E-state index is 13.1. The predicted molar refractivity (Wildman–Crippen MR) is 121 cm³/mol. The molecule has 0 N–H and O–H groups in total. The molecule has 31 heavy (non-hydrogen) atoms. The molecule has 0 radical (unpaired) electrons. The van der Waals surface area contributed by atoms with Crippen molar-refractivity contribution in [3.63, 3.8) is 0 Å². The van der Waals surface area contributed by atoms with E-state index < -0.39 is 5.56 Å². The van der Waals surface area contributed by atoms with Crippen LogP contribution < -0.4 is 11.2 Å². The van der Waals surface area contributed by atoms with E-state index in [-0.39, 0.29) is 16.9 Å². The van der Waals surface area contributed by atoms with E-state index in [2.05, 4.69) is 27.0 Å². The SMILES string of the molecule is CCCCc1noc(C(C)Sc2nc(C(C)C)nc3c2c(=O)n(C)c(=O)n3CCC)n1. The van der Waals surface area contributed by atoms with E-state index in [4.69, 9.17) is 4.52 Å². The van der Waals surface area contributed by atoms with Gasteiger partial charge in [-0.15, -0.1) is 0 Å². The fraction of sp³-hybridized carbons (Fsp3) is 0.619. The van der Waals surface area contributed by atoms with Gasteiger partial charge in [0.25, 0.3) is 5.56 Å². The van der Waals surface area contributed by atoms with E-state index in [1.807, 2.05) is 27.7 Å². The Morgan fingerprint density at radius 2 is 1.81 bits per heavy atom. The van der Waals surface area contributed by atoms with Crippen LogP contribution in [0.15, 0.2) is 19.1 Å². The normalized spacial score (nSPS) is 12.7. The summed E-state index contributed by atoms with van der Waals surface area (Å²) in [5, 5.41) is 4.73. The average Bonchev–Trinajstić information content (AvgIpc) is 3.22. The monoisotopic (exact) mass is 446 g/mol. The molecule has 0 amide bonds. The number of hydrogen-bond donors (Lipinski definition) is 0. The first kappa shape index (κ1) is 23.2. The fourth-order valence-electron chi connectivity index (χ4n) is 3.21. The molecule has 0 bridgehead atoms. The second-order valence-corrected chi connectivity index (χ2v) is 9.28. The number of thioether (sulfide) groups is 1. The van der Waals surface area contributed by atoms with Crippen molar-refractivity contribution in [1.82, 2.24) is 29.2 Å². The summed E-state index contributed by atoms with van der Waals surface area (Å²) in [7, 11) is 1.49. The van der Waals surface area contributed by atoms with Gasteiger partial charge in [0.1, 0.15) is 16.2 Å². The molecule has 3 aromatic heterocycles. The number of unbranched alkanes of at least 4 members (excludes halogenated alkanes) is 1. The first-order chi connectivity index (χ1) is 14.8. The van der Waals surface area contributed by atoms with Crippen molar-refractivity contribution in [2.45, 2.75) is 83.0 Å². The Morgan fingerprint density at radius 3 is 2.45 bits per heavy atom. The number of fused-ring (bicyclic) bond motifs is 1. The second-order valence-electron chi connectivity index (χ2n) is 7.95. The molecule has 0 saturated carbocycles. The van der Waals surface area contributed by atoms with Crippen LogP contribution in [0.2, 0.25) is 0 Å². The van der Waals surface area contributed by atoms with E-state index >= 15 is 0 Å². The highest BCUT2D eigenvalue weighted by molar-refractivity contribution is 7.99. The van der Waals surface area contributed by atoms with E-state index in [0.29, 0.717) is 40.1 Å². The number of rotatable bonds is 9. The summed E-state index contributed by atoms with van der Waals surface area (Å²) in [6, 6.07) is 0. The molecule has 168 valence electrons. The van der Waals surface area contributed by atoms with Gasteiger partial charge in [-0.25, -0.2) is 14.8 Å². The Morgan fingerprint density at radius 1 is 1.06 bits per heavy atom. The summed E-state index contributed by atoms with van der Waals surface area (Å²) in [6.45, 7) is 10.5. The Balaban J connectivity index is 2.13. The highest BCUT2D eigenvalue weighted by atomic mass is 32.2. The Bertz CT molecular complexity index is 1180. The molecule has 9 nitrogen and oxygen atoms in total. The standard InChI is InChI=1S/C21H30N6O3S/c1-7-9-10-14-22-18(30-25-14)13(5)31-19-15-17(23-16(24-19)12(3)4)27(11-8-2)21(29)26(6)20(15)28/h12-13H,7-11H2,1-6H3. The predicted octanol–water partition coefficient (Wildman–Crippen LogP) is 3.60. The first-order valence-corrected chi connectivity index (χ1v) is 11.7. The van der Waals surface area contributed by atoms with E-state index in [1.54, 1.807) is 4.57 Å². The zero-order valence-electron chi connectivity index (χ0n) is 19.0. The average molecular weight is 447 g/mol. The van der Waals surface area contributed by atoms with Gasteiger partial charge in [-0.2, -0.15) is 4.98 Å². The fourth-order valence-corrected chi connectivity index (χ4v) is 4.18. The second kappa shape index (κ2) is 9.76. The number of aryl methyl sites for hydroxylation is 2. The van der Waals surface area contributed by atoms with E-state index in [9.17, 15) is 9.59 Å². The molecule has 3 heterocycles. The Kier molecular flexibility index (Phi) is 7.30. The summed E-state index contributed by atoms with van der Waals surface area (Å²) in [5.74, 6) is 1.81. The molecule has 1 atom stereocenters. The summed E-state index contributed by atoms with van der Waals surface area (Å²) < 4.78 is 8.15. The minimum atomic E-state index is -0.397. The molecule has 3 aromatic rings. The summed E-state index contributed by atoms with van der Waals surface area (Å²) >= 11 is 1.37. The number of hydrogen-bond acceptors (Lipinski definition) is 8. The van der Waals surface area contributed by atoms with Crippen LogP contribution in [0, 0.1) is 0 Å². The third-order valence-corrected chi connectivity index (χ3v) is 6.08. The minimum Gasteiger partial charge on any atom is -0.338 e. The van der Waals surface area contributed by atoms with Gasteiger partial charge < -0.3 is 4.52 Å². The molecule has 0 spiro atoms. The van der Waals surface area contributed by atoms with Gasteiger partial charge in [0, 0.05) is 25.9 Å². The Labute approximate surface area is 185 Å². The molecular weight excluding hydrogens is 416 g/mol. The van der Waals surface area contributed by atoms with Crippen molar-refractivity contribution in [3.05, 3.63) is 38.4 Å². The quantitative estimate of drug-likeness (QED) is 0.362. The van der Waals surface area contributed by atoms with Gasteiger partial charge >= 0.3 is 5.69 Å². The largest absolute Gasteiger partial charge is 0.338 e. The molecule has 0 aliphatic heterocycles. The number of aromatic nitrogens is 6. The molecule has 0 aliphatic carbocycles. The zero-order valence-corrected chi connectivity index (χ0v) is 19.8. The van der Waals surface area contributed by atoms with Crippen LogP contribution in [0.3, 0.4) is 0 Å². The molecular formula is C21H30N6O3S. The summed E-state index contributed by atoms with van der Waals surface area (Å²) in [4.78, 5) is 39.6. The van der Waals surface area contributed by atoms with Crippen molar-refractivity contribution >= 4 is 22.8 Å². The zero-order chi connectivity index (χ0) is 22.7. The van der Waals surface area contributed by atoms with Crippen molar-refractivity contribution in [1.29, 1.82) is 0 Å². The smallest absolute Gasteiger partial charge is 0.332 e. The third kappa shape index (κ3) is 4.73. The van der Waals surface area contributed by atoms with Crippen LogP contribution in [0.25, 0.3) is 11.0 Å². The summed E-state index contributed by atoms with van der Waals surface area (Å²) in [5.41, 5.74) is -0.377. The summed E-state index contributed by atoms with van der Waals surface area (Å²) in [6.07, 6.45) is 3.58. The van der Waals surface area contributed by atoms with Gasteiger partial charge in [-0.05, 0) is 19.8 Å². The molecule has 0 saturated heterocycles. The third-order valence-electron chi connectivity index (χ3n) is 5.00. The minimum absolute atomic E-state index is 0.0392. The molecule has 0 fully saturated rings. The number of nitrogens with zero attached hydrogens (tertiary/aromatic N) is 6. The highest BCUT2D eigenvalue weighted by Crippen LogP contribution is 2.36. The molecule has 0 aliphatic rings. The van der Waals surface area contributed by atoms with Crippen molar-refractivity contribution in [2.24, 2.45) is 7.05 Å². The molecule has 3 rings (SSSR count). The van der Waals surface area contributed by atoms with Crippen molar-refractivity contribution < 1.29 is 4.52 Å². The van der Waals surface area contributed by atoms with Crippen LogP contribution in [0.1, 0.15) is 82.6 Å². The molecule has 1 unspecified atom stereocenters. The van der Waals surface area contributed by atoms with Crippen molar-refractivity contribution in [3.8, 4) is 0 Å². The van der Waals surface area contributed by atoms with Crippen LogP contribution in [0.4, 0.5) is 0 Å². The lowest BCUT2D eigenvalue weighted by Gasteiger charge is -2.16.